The van der Waals surface area contributed by atoms with Gasteiger partial charge in [0.15, 0.2) is 6.10 Å². The summed E-state index contributed by atoms with van der Waals surface area (Å²) in [6.45, 7) is 6.25. The molecule has 0 spiro atoms. The Labute approximate surface area is 448 Å². The second kappa shape index (κ2) is 59.8. The zero-order valence-electron chi connectivity index (χ0n) is 46.8. The zero-order chi connectivity index (χ0) is 52.9. The summed E-state index contributed by atoms with van der Waals surface area (Å²) in [6, 6.07) is 0. The maximum absolute atomic E-state index is 12.9. The highest BCUT2D eigenvalue weighted by atomic mass is 16.6. The van der Waals surface area contributed by atoms with E-state index in [9.17, 15) is 14.4 Å². The minimum absolute atomic E-state index is 0.104. The fourth-order valence-corrected chi connectivity index (χ4v) is 7.53. The van der Waals surface area contributed by atoms with Gasteiger partial charge >= 0.3 is 17.9 Å². The van der Waals surface area contributed by atoms with E-state index in [1.54, 1.807) is 0 Å². The van der Waals surface area contributed by atoms with Crippen molar-refractivity contribution in [2.24, 2.45) is 0 Å². The van der Waals surface area contributed by atoms with E-state index >= 15 is 0 Å². The lowest BCUT2D eigenvalue weighted by Gasteiger charge is -2.18. The number of carbonyl (C=O) groups is 3. The van der Waals surface area contributed by atoms with Gasteiger partial charge in [0.2, 0.25) is 0 Å². The average Bonchev–Trinajstić information content (AvgIpc) is 3.39. The highest BCUT2D eigenvalue weighted by Gasteiger charge is 2.19. The topological polar surface area (TPSA) is 78.9 Å². The summed E-state index contributed by atoms with van der Waals surface area (Å²) < 4.78 is 16.8. The van der Waals surface area contributed by atoms with Crippen LogP contribution in [0, 0.1) is 0 Å². The highest BCUT2D eigenvalue weighted by Crippen LogP contribution is 2.13. The van der Waals surface area contributed by atoms with Crippen LogP contribution in [0.3, 0.4) is 0 Å². The van der Waals surface area contributed by atoms with Crippen molar-refractivity contribution in [2.75, 3.05) is 13.2 Å². The van der Waals surface area contributed by atoms with Crippen LogP contribution in [0.25, 0.3) is 0 Å². The lowest BCUT2D eigenvalue weighted by molar-refractivity contribution is -0.167. The van der Waals surface area contributed by atoms with Crippen molar-refractivity contribution in [1.82, 2.24) is 0 Å². The molecule has 1 unspecified atom stereocenters. The second-order valence-corrected chi connectivity index (χ2v) is 18.8. The van der Waals surface area contributed by atoms with Crippen LogP contribution in [0.2, 0.25) is 0 Å². The molecule has 0 amide bonds. The number of allylic oxidation sites excluding steroid dienone is 24. The third-order valence-electron chi connectivity index (χ3n) is 11.8. The van der Waals surface area contributed by atoms with Gasteiger partial charge in [0, 0.05) is 19.3 Å². The fourth-order valence-electron chi connectivity index (χ4n) is 7.53. The lowest BCUT2D eigenvalue weighted by Crippen LogP contribution is -2.30. The third-order valence-corrected chi connectivity index (χ3v) is 11.8. The van der Waals surface area contributed by atoms with E-state index in [4.69, 9.17) is 14.2 Å². The first-order valence-corrected chi connectivity index (χ1v) is 29.3. The van der Waals surface area contributed by atoms with Crippen LogP contribution in [0.1, 0.15) is 239 Å². The Morgan fingerprint density at radius 3 is 0.767 bits per heavy atom. The Hall–Kier alpha value is -4.71. The molecule has 0 heterocycles. The number of esters is 3. The van der Waals surface area contributed by atoms with Crippen LogP contribution in [-0.2, 0) is 28.6 Å². The molecular weight excluding hydrogens is 901 g/mol. The Kier molecular flexibility index (Phi) is 56.0. The van der Waals surface area contributed by atoms with Gasteiger partial charge in [-0.15, -0.1) is 0 Å². The standard InChI is InChI=1S/C67H106O6/c1-4-7-10-13-16-19-22-25-28-29-30-31-32-33-34-35-36-37-40-42-45-48-51-54-57-60-66(69)72-63-64(73-67(70)61-58-55-52-49-46-43-39-27-24-21-18-15-12-9-6-3)62-71-65(68)59-56-53-50-47-44-41-38-26-23-20-17-14-11-8-5-2/h7-12,16-21,25-28,30-31,33-34,36-39,64H,4-6,13-15,22-24,29,32,35,40-63H2,1-3H3/b10-7-,11-8-,12-9-,19-16-,20-17-,21-18-,28-25-,31-30-,34-33-,37-36-,38-26-,39-27-. The number of hydrogen-bond acceptors (Lipinski definition) is 6. The molecule has 0 aromatic rings. The van der Waals surface area contributed by atoms with E-state index in [1.807, 2.05) is 0 Å². The first-order valence-electron chi connectivity index (χ1n) is 29.3. The van der Waals surface area contributed by atoms with Gasteiger partial charge in [0.05, 0.1) is 0 Å². The molecule has 6 nitrogen and oxygen atoms in total. The quantitative estimate of drug-likeness (QED) is 0.0261. The molecular formula is C67H106O6. The normalized spacial score (nSPS) is 13.2. The summed E-state index contributed by atoms with van der Waals surface area (Å²) in [5.74, 6) is -0.957. The number of unbranched alkanes of at least 4 members (excludes halogenated alkanes) is 16. The summed E-state index contributed by atoms with van der Waals surface area (Å²) in [5, 5.41) is 0. The van der Waals surface area contributed by atoms with E-state index in [0.717, 1.165) is 186 Å². The molecule has 0 fully saturated rings. The summed E-state index contributed by atoms with van der Waals surface area (Å²) in [6.07, 6.45) is 85.5. The van der Waals surface area contributed by atoms with Crippen LogP contribution in [0.4, 0.5) is 0 Å². The molecule has 0 aliphatic rings. The minimum atomic E-state index is -0.808. The maximum atomic E-state index is 12.9. The van der Waals surface area contributed by atoms with Gasteiger partial charge in [-0.05, 0) is 135 Å². The predicted octanol–water partition coefficient (Wildman–Crippen LogP) is 20.0. The van der Waals surface area contributed by atoms with Crippen molar-refractivity contribution >= 4 is 17.9 Å². The Morgan fingerprint density at radius 1 is 0.274 bits per heavy atom. The highest BCUT2D eigenvalue weighted by molar-refractivity contribution is 5.71. The zero-order valence-corrected chi connectivity index (χ0v) is 46.8. The van der Waals surface area contributed by atoms with E-state index in [0.29, 0.717) is 19.3 Å². The van der Waals surface area contributed by atoms with Crippen LogP contribution in [-0.4, -0.2) is 37.2 Å². The molecule has 0 aromatic carbocycles. The predicted molar refractivity (Wildman–Crippen MR) is 315 cm³/mol. The summed E-state index contributed by atoms with van der Waals surface area (Å²) in [5.41, 5.74) is 0. The van der Waals surface area contributed by atoms with Gasteiger partial charge in [0.1, 0.15) is 13.2 Å². The van der Waals surface area contributed by atoms with E-state index in [2.05, 4.69) is 167 Å². The maximum Gasteiger partial charge on any atom is 0.306 e. The fraction of sp³-hybridized carbons (Fsp3) is 0.597. The number of carbonyl (C=O) groups excluding carboxylic acids is 3. The molecule has 0 saturated carbocycles. The molecule has 0 saturated heterocycles. The molecule has 0 rings (SSSR count). The molecule has 0 aliphatic carbocycles. The van der Waals surface area contributed by atoms with Crippen LogP contribution < -0.4 is 0 Å². The van der Waals surface area contributed by atoms with E-state index in [1.165, 1.54) is 12.8 Å². The molecule has 6 heteroatoms. The van der Waals surface area contributed by atoms with Gasteiger partial charge in [-0.1, -0.05) is 231 Å². The van der Waals surface area contributed by atoms with Gasteiger partial charge in [0.25, 0.3) is 0 Å². The molecule has 0 aliphatic heterocycles. The number of rotatable bonds is 51. The van der Waals surface area contributed by atoms with Crippen LogP contribution in [0.15, 0.2) is 146 Å². The van der Waals surface area contributed by atoms with Gasteiger partial charge in [-0.25, -0.2) is 0 Å². The van der Waals surface area contributed by atoms with Crippen molar-refractivity contribution in [3.63, 3.8) is 0 Å². The first kappa shape index (κ1) is 68.3. The third kappa shape index (κ3) is 58.1. The molecule has 0 bridgehead atoms. The first-order chi connectivity index (χ1) is 36.0. The molecule has 410 valence electrons. The van der Waals surface area contributed by atoms with E-state index < -0.39 is 6.10 Å². The Morgan fingerprint density at radius 2 is 0.493 bits per heavy atom. The summed E-state index contributed by atoms with van der Waals surface area (Å²) in [7, 11) is 0. The van der Waals surface area contributed by atoms with Crippen molar-refractivity contribution in [3.8, 4) is 0 Å². The largest absolute Gasteiger partial charge is 0.462 e. The molecule has 0 aromatic heterocycles. The van der Waals surface area contributed by atoms with Gasteiger partial charge in [-0.3, -0.25) is 14.4 Å². The SMILES string of the molecule is CC/C=C\C/C=C\C/C=C\C/C=C\C/C=C\C/C=C\CCCCCCCCC(=O)OCC(COC(=O)CCCCCCC/C=C\C/C=C\C/C=C\CC)OC(=O)CCCCCCC/C=C\C/C=C\C/C=C\CC. The van der Waals surface area contributed by atoms with E-state index in [-0.39, 0.29) is 31.1 Å². The lowest BCUT2D eigenvalue weighted by atomic mass is 10.1. The molecule has 0 N–H and O–H groups in total. The van der Waals surface area contributed by atoms with Crippen molar-refractivity contribution in [3.05, 3.63) is 146 Å². The van der Waals surface area contributed by atoms with Crippen molar-refractivity contribution < 1.29 is 28.6 Å². The molecule has 73 heavy (non-hydrogen) atoms. The Balaban J connectivity index is 4.44. The van der Waals surface area contributed by atoms with Crippen LogP contribution in [0.5, 0.6) is 0 Å². The number of hydrogen-bond donors (Lipinski definition) is 0. The van der Waals surface area contributed by atoms with Gasteiger partial charge < -0.3 is 14.2 Å². The van der Waals surface area contributed by atoms with Crippen LogP contribution >= 0.6 is 0 Å². The average molecular weight is 1010 g/mol. The van der Waals surface area contributed by atoms with Crippen molar-refractivity contribution in [2.45, 2.75) is 245 Å². The Bertz CT molecular complexity index is 1630. The second-order valence-electron chi connectivity index (χ2n) is 18.8. The van der Waals surface area contributed by atoms with Crippen molar-refractivity contribution in [1.29, 1.82) is 0 Å². The van der Waals surface area contributed by atoms with Gasteiger partial charge in [-0.2, -0.15) is 0 Å². The smallest absolute Gasteiger partial charge is 0.306 e. The monoisotopic (exact) mass is 1010 g/mol. The molecule has 1 atom stereocenters. The summed E-state index contributed by atoms with van der Waals surface area (Å²) in [4.78, 5) is 38.2. The summed E-state index contributed by atoms with van der Waals surface area (Å²) >= 11 is 0. The molecule has 0 radical (unpaired) electrons. The minimum Gasteiger partial charge on any atom is -0.462 e. The number of ether oxygens (including phenoxy) is 3.